The zero-order chi connectivity index (χ0) is 8.97. The maximum atomic E-state index is 10.7. The molecule has 12 heavy (non-hydrogen) atoms. The monoisotopic (exact) mass is 173 g/mol. The molecule has 1 saturated heterocycles. The van der Waals surface area contributed by atoms with Crippen LogP contribution in [0.4, 0.5) is 0 Å². The molecule has 1 rings (SSSR count). The number of carboxylic acid groups (broad SMARTS) is 1. The smallest absolute Gasteiger partial charge is 0.320 e. The highest BCUT2D eigenvalue weighted by molar-refractivity contribution is 5.73. The van der Waals surface area contributed by atoms with Crippen LogP contribution in [0.3, 0.4) is 0 Å². The summed E-state index contributed by atoms with van der Waals surface area (Å²) in [6.45, 7) is 1.70. The molecule has 1 atom stereocenters. The molecule has 1 aliphatic heterocycles. The lowest BCUT2D eigenvalue weighted by Gasteiger charge is -2.19. The molecule has 0 aromatic carbocycles. The molecule has 0 radical (unpaired) electrons. The lowest BCUT2D eigenvalue weighted by Crippen LogP contribution is -2.36. The summed E-state index contributed by atoms with van der Waals surface area (Å²) in [6.07, 6.45) is 2.38. The molecule has 1 heterocycles. The first-order valence-electron chi connectivity index (χ1n) is 4.33. The molecule has 70 valence electrons. The first-order valence-corrected chi connectivity index (χ1v) is 4.33. The normalized spacial score (nSPS) is 24.6. The summed E-state index contributed by atoms with van der Waals surface area (Å²) in [5.41, 5.74) is 0. The highest BCUT2D eigenvalue weighted by atomic mass is 16.4. The summed E-state index contributed by atoms with van der Waals surface area (Å²) < 4.78 is 0. The van der Waals surface area contributed by atoms with Crippen molar-refractivity contribution in [1.29, 1.82) is 0 Å². The zero-order valence-corrected chi connectivity index (χ0v) is 7.07. The van der Waals surface area contributed by atoms with E-state index >= 15 is 0 Å². The molecule has 0 aliphatic carbocycles. The van der Waals surface area contributed by atoms with Gasteiger partial charge in [0, 0.05) is 13.2 Å². The lowest BCUT2D eigenvalue weighted by molar-refractivity contribution is -0.142. The Morgan fingerprint density at radius 3 is 2.92 bits per heavy atom. The molecular formula is C8H15NO3. The van der Waals surface area contributed by atoms with Crippen LogP contribution in [-0.4, -0.2) is 46.8 Å². The van der Waals surface area contributed by atoms with Crippen LogP contribution in [0.1, 0.15) is 19.3 Å². The van der Waals surface area contributed by atoms with Crippen molar-refractivity contribution in [2.45, 2.75) is 25.3 Å². The number of aliphatic carboxylic acids is 1. The van der Waals surface area contributed by atoms with Crippen LogP contribution in [0.25, 0.3) is 0 Å². The van der Waals surface area contributed by atoms with Crippen LogP contribution >= 0.6 is 0 Å². The second kappa shape index (κ2) is 4.42. The number of likely N-dealkylation sites (tertiary alicyclic amines) is 1. The van der Waals surface area contributed by atoms with E-state index in [2.05, 4.69) is 0 Å². The van der Waals surface area contributed by atoms with Crippen molar-refractivity contribution >= 4 is 5.97 Å². The number of hydrogen-bond acceptors (Lipinski definition) is 3. The fourth-order valence-electron chi connectivity index (χ4n) is 1.65. The maximum absolute atomic E-state index is 10.7. The van der Waals surface area contributed by atoms with Crippen molar-refractivity contribution in [3.05, 3.63) is 0 Å². The van der Waals surface area contributed by atoms with Gasteiger partial charge in [-0.1, -0.05) is 0 Å². The Morgan fingerprint density at radius 2 is 2.33 bits per heavy atom. The largest absolute Gasteiger partial charge is 0.480 e. The summed E-state index contributed by atoms with van der Waals surface area (Å²) >= 11 is 0. The van der Waals surface area contributed by atoms with Crippen LogP contribution in [0.5, 0.6) is 0 Å². The number of nitrogens with zero attached hydrogens (tertiary/aromatic N) is 1. The van der Waals surface area contributed by atoms with Crippen LogP contribution in [0, 0.1) is 0 Å². The molecule has 0 bridgehead atoms. The predicted molar refractivity (Wildman–Crippen MR) is 43.9 cm³/mol. The van der Waals surface area contributed by atoms with Gasteiger partial charge in [0.2, 0.25) is 0 Å². The summed E-state index contributed by atoms with van der Waals surface area (Å²) in [5.74, 6) is -0.731. The maximum Gasteiger partial charge on any atom is 0.320 e. The molecule has 0 spiro atoms. The van der Waals surface area contributed by atoms with Crippen LogP contribution in [0.2, 0.25) is 0 Å². The van der Waals surface area contributed by atoms with E-state index in [9.17, 15) is 4.79 Å². The van der Waals surface area contributed by atoms with Crippen molar-refractivity contribution in [2.75, 3.05) is 19.7 Å². The molecule has 4 heteroatoms. The van der Waals surface area contributed by atoms with Gasteiger partial charge in [-0.25, -0.2) is 0 Å². The lowest BCUT2D eigenvalue weighted by atomic mass is 10.2. The van der Waals surface area contributed by atoms with E-state index in [0.717, 1.165) is 19.4 Å². The molecule has 0 aromatic heterocycles. The standard InChI is InChI=1S/C8H15NO3/c10-6-2-5-9-4-1-3-7(9)8(11)12/h7,10H,1-6H2,(H,11,12). The molecule has 0 aromatic rings. The molecular weight excluding hydrogens is 158 g/mol. The minimum atomic E-state index is -0.731. The number of carboxylic acids is 1. The summed E-state index contributed by atoms with van der Waals surface area (Å²) in [6, 6.07) is -0.309. The first-order chi connectivity index (χ1) is 5.75. The third-order valence-corrected chi connectivity index (χ3v) is 2.25. The first kappa shape index (κ1) is 9.48. The van der Waals surface area contributed by atoms with E-state index in [1.807, 2.05) is 4.90 Å². The van der Waals surface area contributed by atoms with Gasteiger partial charge >= 0.3 is 5.97 Å². The molecule has 1 aliphatic rings. The average molecular weight is 173 g/mol. The van der Waals surface area contributed by atoms with E-state index < -0.39 is 5.97 Å². The molecule has 0 amide bonds. The Bertz CT molecular complexity index is 160. The van der Waals surface area contributed by atoms with Crippen molar-refractivity contribution in [2.24, 2.45) is 0 Å². The third-order valence-electron chi connectivity index (χ3n) is 2.25. The fraction of sp³-hybridized carbons (Fsp3) is 0.875. The van der Waals surface area contributed by atoms with Crippen molar-refractivity contribution in [1.82, 2.24) is 4.90 Å². The van der Waals surface area contributed by atoms with E-state index in [0.29, 0.717) is 13.0 Å². The van der Waals surface area contributed by atoms with Gasteiger partial charge in [0.1, 0.15) is 6.04 Å². The Kier molecular flexibility index (Phi) is 3.49. The van der Waals surface area contributed by atoms with Crippen molar-refractivity contribution < 1.29 is 15.0 Å². The molecule has 2 N–H and O–H groups in total. The van der Waals surface area contributed by atoms with Crippen LogP contribution in [-0.2, 0) is 4.79 Å². The van der Waals surface area contributed by atoms with Gasteiger partial charge in [0.15, 0.2) is 0 Å². The van der Waals surface area contributed by atoms with Gasteiger partial charge in [-0.2, -0.15) is 0 Å². The Morgan fingerprint density at radius 1 is 1.58 bits per heavy atom. The summed E-state index contributed by atoms with van der Waals surface area (Å²) in [4.78, 5) is 12.6. The predicted octanol–water partition coefficient (Wildman–Crippen LogP) is -0.0822. The van der Waals surface area contributed by atoms with E-state index in [1.165, 1.54) is 0 Å². The highest BCUT2D eigenvalue weighted by Gasteiger charge is 2.29. The number of aliphatic hydroxyl groups excluding tert-OH is 1. The third kappa shape index (κ3) is 2.19. The van der Waals surface area contributed by atoms with Crippen LogP contribution < -0.4 is 0 Å². The summed E-state index contributed by atoms with van der Waals surface area (Å²) in [7, 11) is 0. The van der Waals surface area contributed by atoms with E-state index in [1.54, 1.807) is 0 Å². The van der Waals surface area contributed by atoms with Crippen molar-refractivity contribution in [3.8, 4) is 0 Å². The Balaban J connectivity index is 2.35. The number of aliphatic hydroxyl groups is 1. The second-order valence-corrected chi connectivity index (χ2v) is 3.11. The minimum absolute atomic E-state index is 0.142. The number of hydrogen-bond donors (Lipinski definition) is 2. The molecule has 0 saturated carbocycles. The molecule has 1 fully saturated rings. The van der Waals surface area contributed by atoms with Gasteiger partial charge in [-0.15, -0.1) is 0 Å². The Labute approximate surface area is 71.8 Å². The highest BCUT2D eigenvalue weighted by Crippen LogP contribution is 2.16. The van der Waals surface area contributed by atoms with Gasteiger partial charge in [-0.05, 0) is 25.8 Å². The van der Waals surface area contributed by atoms with Gasteiger partial charge in [-0.3, -0.25) is 9.69 Å². The minimum Gasteiger partial charge on any atom is -0.480 e. The zero-order valence-electron chi connectivity index (χ0n) is 7.07. The number of rotatable bonds is 4. The summed E-state index contributed by atoms with van der Waals surface area (Å²) in [5, 5.41) is 17.4. The average Bonchev–Trinajstić information content (AvgIpc) is 2.48. The number of carbonyl (C=O) groups is 1. The van der Waals surface area contributed by atoms with E-state index in [-0.39, 0.29) is 12.6 Å². The van der Waals surface area contributed by atoms with Gasteiger partial charge in [0.25, 0.3) is 0 Å². The Hall–Kier alpha value is -0.610. The van der Waals surface area contributed by atoms with Gasteiger partial charge in [0.05, 0.1) is 0 Å². The van der Waals surface area contributed by atoms with Crippen LogP contribution in [0.15, 0.2) is 0 Å². The fourth-order valence-corrected chi connectivity index (χ4v) is 1.65. The van der Waals surface area contributed by atoms with E-state index in [4.69, 9.17) is 10.2 Å². The topological polar surface area (TPSA) is 60.8 Å². The molecule has 4 nitrogen and oxygen atoms in total. The van der Waals surface area contributed by atoms with Gasteiger partial charge < -0.3 is 10.2 Å². The second-order valence-electron chi connectivity index (χ2n) is 3.11. The van der Waals surface area contributed by atoms with Crippen molar-refractivity contribution in [3.63, 3.8) is 0 Å². The SMILES string of the molecule is O=C(O)C1CCCN1CCCO. The molecule has 1 unspecified atom stereocenters. The quantitative estimate of drug-likeness (QED) is 0.624.